The van der Waals surface area contributed by atoms with Crippen molar-refractivity contribution in [3.8, 4) is 5.69 Å². The molecule has 3 rings (SSSR count). The summed E-state index contributed by atoms with van der Waals surface area (Å²) in [6, 6.07) is 9.64. The van der Waals surface area contributed by atoms with Gasteiger partial charge in [-0.25, -0.2) is 4.68 Å². The first-order valence-corrected chi connectivity index (χ1v) is 7.06. The fourth-order valence-electron chi connectivity index (χ4n) is 3.15. The number of aliphatic carboxylic acids is 1. The quantitative estimate of drug-likeness (QED) is 0.932. The molecule has 1 aromatic heterocycles. The minimum atomic E-state index is -0.721. The van der Waals surface area contributed by atoms with Gasteiger partial charge in [-0.1, -0.05) is 31.4 Å². The van der Waals surface area contributed by atoms with Crippen molar-refractivity contribution >= 4 is 5.97 Å². The summed E-state index contributed by atoms with van der Waals surface area (Å²) < 4.78 is 1.77. The van der Waals surface area contributed by atoms with Crippen LogP contribution in [-0.4, -0.2) is 20.9 Å². The van der Waals surface area contributed by atoms with Crippen LogP contribution in [0.4, 0.5) is 0 Å². The molecule has 0 unspecified atom stereocenters. The lowest BCUT2D eigenvalue weighted by molar-refractivity contribution is -0.145. The van der Waals surface area contributed by atoms with Gasteiger partial charge in [-0.2, -0.15) is 5.10 Å². The summed E-state index contributed by atoms with van der Waals surface area (Å²) in [7, 11) is 0. The number of benzene rings is 1. The van der Waals surface area contributed by atoms with Crippen LogP contribution in [0.15, 0.2) is 42.7 Å². The molecule has 0 bridgehead atoms. The van der Waals surface area contributed by atoms with E-state index in [9.17, 15) is 9.90 Å². The Balaban J connectivity index is 2.04. The summed E-state index contributed by atoms with van der Waals surface area (Å²) in [4.78, 5) is 11.9. The maximum absolute atomic E-state index is 11.9. The molecule has 1 fully saturated rings. The van der Waals surface area contributed by atoms with Crippen molar-refractivity contribution in [2.45, 2.75) is 37.5 Å². The summed E-state index contributed by atoms with van der Waals surface area (Å²) in [5.74, 6) is -0.699. The molecule has 1 aliphatic rings. The van der Waals surface area contributed by atoms with Crippen LogP contribution < -0.4 is 0 Å². The van der Waals surface area contributed by atoms with E-state index >= 15 is 0 Å². The smallest absolute Gasteiger partial charge is 0.314 e. The van der Waals surface area contributed by atoms with Crippen LogP contribution in [0.5, 0.6) is 0 Å². The summed E-state index contributed by atoms with van der Waals surface area (Å²) in [6.45, 7) is 0. The Labute approximate surface area is 118 Å². The average Bonchev–Trinajstić information content (AvgIpc) is 3.02. The number of carboxylic acids is 1. The molecule has 1 heterocycles. The number of carbonyl (C=O) groups is 1. The molecule has 1 aromatic carbocycles. The van der Waals surface area contributed by atoms with Gasteiger partial charge < -0.3 is 5.11 Å². The summed E-state index contributed by atoms with van der Waals surface area (Å²) >= 11 is 0. The molecule has 20 heavy (non-hydrogen) atoms. The van der Waals surface area contributed by atoms with Crippen molar-refractivity contribution in [2.75, 3.05) is 0 Å². The minimum absolute atomic E-state index is 0.699. The molecule has 1 saturated carbocycles. The minimum Gasteiger partial charge on any atom is -0.481 e. The van der Waals surface area contributed by atoms with Crippen molar-refractivity contribution in [1.82, 2.24) is 9.78 Å². The predicted molar refractivity (Wildman–Crippen MR) is 76.0 cm³/mol. The van der Waals surface area contributed by atoms with Crippen LogP contribution >= 0.6 is 0 Å². The Hall–Kier alpha value is -2.10. The topological polar surface area (TPSA) is 55.1 Å². The van der Waals surface area contributed by atoms with Crippen LogP contribution in [-0.2, 0) is 10.2 Å². The SMILES string of the molecule is O=C(O)C1(c2cccc(-n3cccn3)c2)CCCCC1. The van der Waals surface area contributed by atoms with Gasteiger partial charge in [-0.15, -0.1) is 0 Å². The molecule has 1 N–H and O–H groups in total. The lowest BCUT2D eigenvalue weighted by Crippen LogP contribution is -2.37. The van der Waals surface area contributed by atoms with Crippen LogP contribution in [0.3, 0.4) is 0 Å². The number of carboxylic acid groups (broad SMARTS) is 1. The molecule has 0 spiro atoms. The van der Waals surface area contributed by atoms with Gasteiger partial charge in [-0.05, 0) is 36.6 Å². The fourth-order valence-corrected chi connectivity index (χ4v) is 3.15. The van der Waals surface area contributed by atoms with E-state index in [0.717, 1.165) is 43.4 Å². The van der Waals surface area contributed by atoms with E-state index in [1.165, 1.54) is 0 Å². The Morgan fingerprint density at radius 3 is 2.65 bits per heavy atom. The second-order valence-electron chi connectivity index (χ2n) is 5.45. The normalized spacial score (nSPS) is 17.8. The number of hydrogen-bond donors (Lipinski definition) is 1. The van der Waals surface area contributed by atoms with Crippen LogP contribution in [0, 0.1) is 0 Å². The molecule has 0 saturated heterocycles. The van der Waals surface area contributed by atoms with Gasteiger partial charge in [0.05, 0.1) is 11.1 Å². The highest BCUT2D eigenvalue weighted by atomic mass is 16.4. The van der Waals surface area contributed by atoms with Crippen molar-refractivity contribution < 1.29 is 9.90 Å². The molecule has 0 amide bonds. The van der Waals surface area contributed by atoms with Crippen LogP contribution in [0.25, 0.3) is 5.69 Å². The average molecular weight is 270 g/mol. The Bertz CT molecular complexity index is 599. The summed E-state index contributed by atoms with van der Waals surface area (Å²) in [5.41, 5.74) is 1.10. The molecule has 4 heteroatoms. The first-order valence-electron chi connectivity index (χ1n) is 7.06. The van der Waals surface area contributed by atoms with Crippen LogP contribution in [0.1, 0.15) is 37.7 Å². The van der Waals surface area contributed by atoms with E-state index in [1.807, 2.05) is 36.5 Å². The van der Waals surface area contributed by atoms with E-state index in [0.29, 0.717) is 0 Å². The predicted octanol–water partition coefficient (Wildman–Crippen LogP) is 3.16. The third-order valence-electron chi connectivity index (χ3n) is 4.28. The molecular weight excluding hydrogens is 252 g/mol. The van der Waals surface area contributed by atoms with Crippen molar-refractivity contribution in [3.05, 3.63) is 48.3 Å². The van der Waals surface area contributed by atoms with Gasteiger partial charge in [-0.3, -0.25) is 4.79 Å². The second kappa shape index (κ2) is 5.12. The molecule has 104 valence electrons. The van der Waals surface area contributed by atoms with Gasteiger partial charge in [0.25, 0.3) is 0 Å². The highest BCUT2D eigenvalue weighted by molar-refractivity contribution is 5.81. The van der Waals surface area contributed by atoms with Gasteiger partial charge in [0, 0.05) is 12.4 Å². The van der Waals surface area contributed by atoms with E-state index in [-0.39, 0.29) is 0 Å². The molecule has 1 aliphatic carbocycles. The Morgan fingerprint density at radius 2 is 2.00 bits per heavy atom. The third kappa shape index (κ3) is 2.11. The second-order valence-corrected chi connectivity index (χ2v) is 5.45. The number of rotatable bonds is 3. The third-order valence-corrected chi connectivity index (χ3v) is 4.28. The maximum Gasteiger partial charge on any atom is 0.314 e. The van der Waals surface area contributed by atoms with Gasteiger partial charge >= 0.3 is 5.97 Å². The molecule has 0 atom stereocenters. The highest BCUT2D eigenvalue weighted by Crippen LogP contribution is 2.40. The van der Waals surface area contributed by atoms with Gasteiger partial charge in [0.1, 0.15) is 0 Å². The number of hydrogen-bond acceptors (Lipinski definition) is 2. The first-order chi connectivity index (χ1) is 9.72. The fraction of sp³-hybridized carbons (Fsp3) is 0.375. The van der Waals surface area contributed by atoms with Crippen molar-refractivity contribution in [2.24, 2.45) is 0 Å². The zero-order valence-electron chi connectivity index (χ0n) is 11.3. The summed E-state index contributed by atoms with van der Waals surface area (Å²) in [6.07, 6.45) is 8.15. The first kappa shape index (κ1) is 12.9. The zero-order chi connectivity index (χ0) is 14.0. The van der Waals surface area contributed by atoms with Gasteiger partial charge in [0.15, 0.2) is 0 Å². The van der Waals surface area contributed by atoms with E-state index in [2.05, 4.69) is 5.10 Å². The Kier molecular flexibility index (Phi) is 3.30. The number of nitrogens with zero attached hydrogens (tertiary/aromatic N) is 2. The molecule has 4 nitrogen and oxygen atoms in total. The monoisotopic (exact) mass is 270 g/mol. The van der Waals surface area contributed by atoms with Crippen LogP contribution in [0.2, 0.25) is 0 Å². The lowest BCUT2D eigenvalue weighted by atomic mass is 9.69. The standard InChI is InChI=1S/C16H18N2O2/c19-15(20)16(8-2-1-3-9-16)13-6-4-7-14(12-13)18-11-5-10-17-18/h4-7,10-12H,1-3,8-9H2,(H,19,20). The Morgan fingerprint density at radius 1 is 1.20 bits per heavy atom. The van der Waals surface area contributed by atoms with E-state index < -0.39 is 11.4 Å². The van der Waals surface area contributed by atoms with Gasteiger partial charge in [0.2, 0.25) is 0 Å². The summed E-state index contributed by atoms with van der Waals surface area (Å²) in [5, 5.41) is 14.0. The van der Waals surface area contributed by atoms with Crippen molar-refractivity contribution in [3.63, 3.8) is 0 Å². The van der Waals surface area contributed by atoms with E-state index in [4.69, 9.17) is 0 Å². The largest absolute Gasteiger partial charge is 0.481 e. The molecule has 0 aliphatic heterocycles. The van der Waals surface area contributed by atoms with Crippen molar-refractivity contribution in [1.29, 1.82) is 0 Å². The molecule has 0 radical (unpaired) electrons. The maximum atomic E-state index is 11.9. The highest BCUT2D eigenvalue weighted by Gasteiger charge is 2.41. The molecule has 2 aromatic rings. The number of aromatic nitrogens is 2. The molecular formula is C16H18N2O2. The lowest BCUT2D eigenvalue weighted by Gasteiger charge is -2.33. The zero-order valence-corrected chi connectivity index (χ0v) is 11.3. The van der Waals surface area contributed by atoms with E-state index in [1.54, 1.807) is 10.9 Å².